The number of carbonyl (C=O) groups is 2. The maximum Gasteiger partial charge on any atom is 0.251 e. The molecule has 0 atom stereocenters. The molecule has 1 N–H and O–H groups in total. The number of nitrogens with zero attached hydrogens (tertiary/aromatic N) is 1. The van der Waals surface area contributed by atoms with Crippen LogP contribution >= 0.6 is 15.9 Å². The maximum absolute atomic E-state index is 12.1. The molecule has 0 aliphatic rings. The third-order valence-electron chi connectivity index (χ3n) is 3.46. The van der Waals surface area contributed by atoms with E-state index in [2.05, 4.69) is 21.2 Å². The van der Waals surface area contributed by atoms with Crippen molar-refractivity contribution in [3.05, 3.63) is 64.1 Å². The van der Waals surface area contributed by atoms with Gasteiger partial charge < -0.3 is 10.2 Å². The van der Waals surface area contributed by atoms with Gasteiger partial charge >= 0.3 is 0 Å². The van der Waals surface area contributed by atoms with Gasteiger partial charge in [0.25, 0.3) is 5.91 Å². The highest BCUT2D eigenvalue weighted by atomic mass is 79.9. The first-order valence-electron chi connectivity index (χ1n) is 7.36. The molecule has 0 heterocycles. The number of benzene rings is 2. The average molecular weight is 375 g/mol. The molecule has 0 unspecified atom stereocenters. The molecule has 0 bridgehead atoms. The molecule has 0 aromatic heterocycles. The van der Waals surface area contributed by atoms with Gasteiger partial charge in [-0.15, -0.1) is 0 Å². The van der Waals surface area contributed by atoms with Gasteiger partial charge in [-0.2, -0.15) is 0 Å². The smallest absolute Gasteiger partial charge is 0.251 e. The molecular weight excluding hydrogens is 356 g/mol. The van der Waals surface area contributed by atoms with Crippen LogP contribution in [0.5, 0.6) is 0 Å². The lowest BCUT2D eigenvalue weighted by Crippen LogP contribution is -2.37. The molecule has 120 valence electrons. The second-order valence-electron chi connectivity index (χ2n) is 5.24. The quantitative estimate of drug-likeness (QED) is 0.869. The molecule has 2 rings (SSSR count). The highest BCUT2D eigenvalue weighted by Gasteiger charge is 2.14. The molecule has 2 aromatic rings. The maximum atomic E-state index is 12.1. The number of amides is 2. The highest BCUT2D eigenvalue weighted by Crippen LogP contribution is 2.25. The third kappa shape index (κ3) is 4.66. The van der Waals surface area contributed by atoms with Crippen LogP contribution in [0.15, 0.2) is 53.0 Å². The Labute approximate surface area is 144 Å². The van der Waals surface area contributed by atoms with Crippen molar-refractivity contribution >= 4 is 33.4 Å². The third-order valence-corrected chi connectivity index (χ3v) is 4.13. The molecule has 2 amide bonds. The number of hydrogen-bond donors (Lipinski definition) is 1. The zero-order valence-corrected chi connectivity index (χ0v) is 14.8. The molecule has 0 saturated carbocycles. The minimum absolute atomic E-state index is 0.0681. The minimum Gasteiger partial charge on any atom is -0.350 e. The summed E-state index contributed by atoms with van der Waals surface area (Å²) in [5.74, 6) is -0.206. The Kier molecular flexibility index (Phi) is 5.93. The number of rotatable bonds is 5. The second kappa shape index (κ2) is 7.92. The first-order valence-corrected chi connectivity index (χ1v) is 8.16. The number of halogens is 1. The molecule has 5 heteroatoms. The van der Waals surface area contributed by atoms with Crippen LogP contribution in [-0.4, -0.2) is 24.9 Å². The van der Waals surface area contributed by atoms with Crippen LogP contribution in [0.3, 0.4) is 0 Å². The van der Waals surface area contributed by atoms with Gasteiger partial charge in [0.2, 0.25) is 5.91 Å². The lowest BCUT2D eigenvalue weighted by Gasteiger charge is -2.22. The van der Waals surface area contributed by atoms with E-state index in [1.807, 2.05) is 43.3 Å². The minimum atomic E-state index is -0.138. The van der Waals surface area contributed by atoms with E-state index in [1.54, 1.807) is 17.0 Å². The number of aryl methyl sites for hydroxylation is 1. The summed E-state index contributed by atoms with van der Waals surface area (Å²) in [6.07, 6.45) is 0. The molecule has 2 aromatic carbocycles. The van der Waals surface area contributed by atoms with Crippen molar-refractivity contribution in [2.75, 3.05) is 18.0 Å². The number of para-hydroxylation sites is 1. The van der Waals surface area contributed by atoms with Gasteiger partial charge in [-0.05, 0) is 47.1 Å². The Morgan fingerprint density at radius 3 is 2.35 bits per heavy atom. The fraction of sp³-hybridized carbons (Fsp3) is 0.222. The van der Waals surface area contributed by atoms with E-state index in [4.69, 9.17) is 0 Å². The molecule has 4 nitrogen and oxygen atoms in total. The van der Waals surface area contributed by atoms with E-state index < -0.39 is 0 Å². The predicted molar refractivity (Wildman–Crippen MR) is 95.7 cm³/mol. The van der Waals surface area contributed by atoms with E-state index in [0.29, 0.717) is 18.7 Å². The Morgan fingerprint density at radius 2 is 1.74 bits per heavy atom. The van der Waals surface area contributed by atoms with Gasteiger partial charge in [-0.25, -0.2) is 0 Å². The Bertz CT molecular complexity index is 698. The lowest BCUT2D eigenvalue weighted by molar-refractivity contribution is -0.116. The Morgan fingerprint density at radius 1 is 1.09 bits per heavy atom. The standard InChI is InChI=1S/C18H19BrN2O2/c1-13-7-9-15(10-8-13)18(23)20-11-12-21(14(2)22)17-6-4-3-5-16(17)19/h3-10H,11-12H2,1-2H3,(H,20,23). The van der Waals surface area contributed by atoms with Crippen LogP contribution in [0.1, 0.15) is 22.8 Å². The zero-order valence-electron chi connectivity index (χ0n) is 13.2. The molecule has 23 heavy (non-hydrogen) atoms. The van der Waals surface area contributed by atoms with E-state index in [9.17, 15) is 9.59 Å². The van der Waals surface area contributed by atoms with Gasteiger partial charge in [0.1, 0.15) is 0 Å². The van der Waals surface area contributed by atoms with Crippen LogP contribution in [0, 0.1) is 6.92 Å². The number of nitrogens with one attached hydrogen (secondary N) is 1. The van der Waals surface area contributed by atoms with Crippen LogP contribution in [0.25, 0.3) is 0 Å². The van der Waals surface area contributed by atoms with Crippen molar-refractivity contribution in [2.45, 2.75) is 13.8 Å². The summed E-state index contributed by atoms with van der Waals surface area (Å²) < 4.78 is 0.847. The summed E-state index contributed by atoms with van der Waals surface area (Å²) in [6.45, 7) is 4.29. The second-order valence-corrected chi connectivity index (χ2v) is 6.10. The van der Waals surface area contributed by atoms with E-state index >= 15 is 0 Å². The normalized spacial score (nSPS) is 10.2. The van der Waals surface area contributed by atoms with Crippen molar-refractivity contribution in [3.63, 3.8) is 0 Å². The molecular formula is C18H19BrN2O2. The van der Waals surface area contributed by atoms with Crippen molar-refractivity contribution in [1.82, 2.24) is 5.32 Å². The number of hydrogen-bond acceptors (Lipinski definition) is 2. The van der Waals surface area contributed by atoms with Crippen molar-refractivity contribution in [1.29, 1.82) is 0 Å². The monoisotopic (exact) mass is 374 g/mol. The van der Waals surface area contributed by atoms with Crippen LogP contribution < -0.4 is 10.2 Å². The Balaban J connectivity index is 1.97. The fourth-order valence-electron chi connectivity index (χ4n) is 2.21. The Hall–Kier alpha value is -2.14. The van der Waals surface area contributed by atoms with Crippen LogP contribution in [0.2, 0.25) is 0 Å². The summed E-state index contributed by atoms with van der Waals surface area (Å²) in [7, 11) is 0. The van der Waals surface area contributed by atoms with Gasteiger partial charge in [0.05, 0.1) is 5.69 Å². The van der Waals surface area contributed by atoms with E-state index in [-0.39, 0.29) is 11.8 Å². The molecule has 0 spiro atoms. The summed E-state index contributed by atoms with van der Waals surface area (Å²) in [5.41, 5.74) is 2.52. The topological polar surface area (TPSA) is 49.4 Å². The van der Waals surface area contributed by atoms with Crippen LogP contribution in [0.4, 0.5) is 5.69 Å². The van der Waals surface area contributed by atoms with Crippen LogP contribution in [-0.2, 0) is 4.79 Å². The van der Waals surface area contributed by atoms with E-state index in [1.165, 1.54) is 6.92 Å². The molecule has 0 aliphatic heterocycles. The number of carbonyl (C=O) groups excluding carboxylic acids is 2. The summed E-state index contributed by atoms with van der Waals surface area (Å²) in [6, 6.07) is 14.9. The van der Waals surface area contributed by atoms with Gasteiger partial charge in [-0.3, -0.25) is 9.59 Å². The highest BCUT2D eigenvalue weighted by molar-refractivity contribution is 9.10. The van der Waals surface area contributed by atoms with Gasteiger partial charge in [-0.1, -0.05) is 29.8 Å². The summed E-state index contributed by atoms with van der Waals surface area (Å²) in [5, 5.41) is 2.84. The predicted octanol–water partition coefficient (Wildman–Crippen LogP) is 3.54. The molecule has 0 saturated heterocycles. The molecule has 0 aliphatic carbocycles. The summed E-state index contributed by atoms with van der Waals surface area (Å²) in [4.78, 5) is 25.6. The largest absolute Gasteiger partial charge is 0.350 e. The first-order chi connectivity index (χ1) is 11.0. The summed E-state index contributed by atoms with van der Waals surface area (Å²) >= 11 is 3.45. The fourth-order valence-corrected chi connectivity index (χ4v) is 2.71. The number of anilines is 1. The average Bonchev–Trinajstić information content (AvgIpc) is 2.53. The first kappa shape index (κ1) is 17.2. The van der Waals surface area contributed by atoms with Crippen molar-refractivity contribution < 1.29 is 9.59 Å². The zero-order chi connectivity index (χ0) is 16.8. The van der Waals surface area contributed by atoms with Crippen molar-refractivity contribution in [3.8, 4) is 0 Å². The molecule has 0 fully saturated rings. The lowest BCUT2D eigenvalue weighted by atomic mass is 10.1. The van der Waals surface area contributed by atoms with Crippen molar-refractivity contribution in [2.24, 2.45) is 0 Å². The van der Waals surface area contributed by atoms with Gasteiger partial charge in [0.15, 0.2) is 0 Å². The SMILES string of the molecule is CC(=O)N(CCNC(=O)c1ccc(C)cc1)c1ccccc1Br. The van der Waals surface area contributed by atoms with E-state index in [0.717, 1.165) is 15.7 Å². The molecule has 0 radical (unpaired) electrons. The van der Waals surface area contributed by atoms with Gasteiger partial charge in [0, 0.05) is 30.0 Å².